The number of nitrogens with one attached hydrogen (secondary N) is 2. The molecular formula is C21H23N3O3. The Bertz CT molecular complexity index is 870. The lowest BCUT2D eigenvalue weighted by Gasteiger charge is -2.17. The van der Waals surface area contributed by atoms with Gasteiger partial charge in [0.05, 0.1) is 5.92 Å². The molecule has 1 unspecified atom stereocenters. The smallest absolute Gasteiger partial charge is 0.229 e. The van der Waals surface area contributed by atoms with E-state index in [1.54, 1.807) is 29.2 Å². The van der Waals surface area contributed by atoms with Gasteiger partial charge >= 0.3 is 0 Å². The Labute approximate surface area is 158 Å². The van der Waals surface area contributed by atoms with Gasteiger partial charge in [-0.2, -0.15) is 0 Å². The fourth-order valence-electron chi connectivity index (χ4n) is 3.35. The second-order valence-electron chi connectivity index (χ2n) is 7.00. The van der Waals surface area contributed by atoms with Crippen molar-refractivity contribution in [1.82, 2.24) is 0 Å². The van der Waals surface area contributed by atoms with E-state index in [4.69, 9.17) is 0 Å². The van der Waals surface area contributed by atoms with Crippen LogP contribution in [0, 0.1) is 19.8 Å². The Kier molecular flexibility index (Phi) is 5.26. The van der Waals surface area contributed by atoms with E-state index >= 15 is 0 Å². The molecule has 0 spiro atoms. The summed E-state index contributed by atoms with van der Waals surface area (Å²) < 4.78 is 0. The summed E-state index contributed by atoms with van der Waals surface area (Å²) in [5.74, 6) is -0.773. The molecule has 6 nitrogen and oxygen atoms in total. The molecule has 6 heteroatoms. The van der Waals surface area contributed by atoms with Crippen molar-refractivity contribution in [3.05, 3.63) is 53.6 Å². The summed E-state index contributed by atoms with van der Waals surface area (Å²) in [7, 11) is 0. The standard InChI is InChI=1S/C21H23N3O3/c1-13-8-14(2)10-18(9-13)23-21(27)16-11-20(26)24(12-16)19-6-4-17(5-7-19)22-15(3)25/h4-10,16H,11-12H2,1-3H3,(H,22,25)(H,23,27). The Morgan fingerprint density at radius 2 is 1.59 bits per heavy atom. The number of carbonyl (C=O) groups excluding carboxylic acids is 3. The highest BCUT2D eigenvalue weighted by Gasteiger charge is 2.35. The van der Waals surface area contributed by atoms with E-state index in [1.165, 1.54) is 6.92 Å². The van der Waals surface area contributed by atoms with Crippen LogP contribution in [0.4, 0.5) is 17.1 Å². The van der Waals surface area contributed by atoms with Gasteiger partial charge < -0.3 is 15.5 Å². The Balaban J connectivity index is 1.67. The van der Waals surface area contributed by atoms with Crippen molar-refractivity contribution in [2.75, 3.05) is 22.1 Å². The highest BCUT2D eigenvalue weighted by molar-refractivity contribution is 6.03. The third-order valence-corrected chi connectivity index (χ3v) is 4.48. The van der Waals surface area contributed by atoms with E-state index in [2.05, 4.69) is 10.6 Å². The van der Waals surface area contributed by atoms with Gasteiger partial charge in [0, 0.05) is 37.0 Å². The summed E-state index contributed by atoms with van der Waals surface area (Å²) in [5.41, 5.74) is 4.29. The van der Waals surface area contributed by atoms with Crippen molar-refractivity contribution in [2.24, 2.45) is 5.92 Å². The fraction of sp³-hybridized carbons (Fsp3) is 0.286. The minimum Gasteiger partial charge on any atom is -0.326 e. The van der Waals surface area contributed by atoms with Crippen molar-refractivity contribution >= 4 is 34.8 Å². The summed E-state index contributed by atoms with van der Waals surface area (Å²) in [6.07, 6.45) is 0.185. The maximum atomic E-state index is 12.6. The summed E-state index contributed by atoms with van der Waals surface area (Å²) >= 11 is 0. The molecule has 0 bridgehead atoms. The van der Waals surface area contributed by atoms with E-state index in [0.29, 0.717) is 12.2 Å². The number of anilines is 3. The number of amides is 3. The Morgan fingerprint density at radius 1 is 0.963 bits per heavy atom. The normalized spacial score (nSPS) is 16.3. The third kappa shape index (κ3) is 4.53. The first kappa shape index (κ1) is 18.6. The molecule has 1 aliphatic rings. The molecule has 0 saturated carbocycles. The lowest BCUT2D eigenvalue weighted by Crippen LogP contribution is -2.28. The molecule has 2 N–H and O–H groups in total. The van der Waals surface area contributed by atoms with Gasteiger partial charge in [0.15, 0.2) is 0 Å². The number of carbonyl (C=O) groups is 3. The number of rotatable bonds is 4. The topological polar surface area (TPSA) is 78.5 Å². The van der Waals surface area contributed by atoms with E-state index in [9.17, 15) is 14.4 Å². The summed E-state index contributed by atoms with van der Waals surface area (Å²) in [4.78, 5) is 37.7. The van der Waals surface area contributed by atoms with Crippen molar-refractivity contribution < 1.29 is 14.4 Å². The monoisotopic (exact) mass is 365 g/mol. The van der Waals surface area contributed by atoms with E-state index in [-0.39, 0.29) is 24.1 Å². The molecule has 140 valence electrons. The first-order valence-corrected chi connectivity index (χ1v) is 8.89. The molecule has 1 aliphatic heterocycles. The van der Waals surface area contributed by atoms with Crippen molar-refractivity contribution in [3.8, 4) is 0 Å². The molecule has 2 aromatic carbocycles. The van der Waals surface area contributed by atoms with Gasteiger partial charge in [-0.05, 0) is 61.4 Å². The van der Waals surface area contributed by atoms with Gasteiger partial charge in [-0.25, -0.2) is 0 Å². The lowest BCUT2D eigenvalue weighted by molar-refractivity contribution is -0.122. The average molecular weight is 365 g/mol. The van der Waals surface area contributed by atoms with E-state index in [1.807, 2.05) is 32.0 Å². The van der Waals surface area contributed by atoms with Crippen LogP contribution in [-0.2, 0) is 14.4 Å². The quantitative estimate of drug-likeness (QED) is 0.873. The molecular weight excluding hydrogens is 342 g/mol. The first-order chi connectivity index (χ1) is 12.8. The van der Waals surface area contributed by atoms with Crippen LogP contribution in [0.1, 0.15) is 24.5 Å². The molecule has 2 aromatic rings. The molecule has 0 aromatic heterocycles. The molecule has 3 rings (SSSR count). The predicted molar refractivity (Wildman–Crippen MR) is 106 cm³/mol. The zero-order valence-corrected chi connectivity index (χ0v) is 15.7. The number of benzene rings is 2. The average Bonchev–Trinajstić information content (AvgIpc) is 2.96. The summed E-state index contributed by atoms with van der Waals surface area (Å²) in [6, 6.07) is 12.9. The Hall–Kier alpha value is -3.15. The highest BCUT2D eigenvalue weighted by Crippen LogP contribution is 2.27. The fourth-order valence-corrected chi connectivity index (χ4v) is 3.35. The number of nitrogens with zero attached hydrogens (tertiary/aromatic N) is 1. The van der Waals surface area contributed by atoms with E-state index < -0.39 is 5.92 Å². The molecule has 1 fully saturated rings. The minimum atomic E-state index is -0.395. The number of hydrogen-bond acceptors (Lipinski definition) is 3. The van der Waals surface area contributed by atoms with Crippen LogP contribution < -0.4 is 15.5 Å². The molecule has 0 radical (unpaired) electrons. The van der Waals surface area contributed by atoms with Gasteiger partial charge in [0.25, 0.3) is 0 Å². The predicted octanol–water partition coefficient (Wildman–Crippen LogP) is 3.25. The first-order valence-electron chi connectivity index (χ1n) is 8.89. The minimum absolute atomic E-state index is 0.0807. The van der Waals surface area contributed by atoms with Gasteiger partial charge in [0.1, 0.15) is 0 Å². The maximum absolute atomic E-state index is 12.6. The Morgan fingerprint density at radius 3 is 2.19 bits per heavy atom. The number of aryl methyl sites for hydroxylation is 2. The summed E-state index contributed by atoms with van der Waals surface area (Å²) in [5, 5.41) is 5.61. The van der Waals surface area contributed by atoms with Crippen LogP contribution in [0.5, 0.6) is 0 Å². The molecule has 3 amide bonds. The van der Waals surface area contributed by atoms with Crippen molar-refractivity contribution in [2.45, 2.75) is 27.2 Å². The van der Waals surface area contributed by atoms with Gasteiger partial charge in [-0.15, -0.1) is 0 Å². The zero-order valence-electron chi connectivity index (χ0n) is 15.7. The third-order valence-electron chi connectivity index (χ3n) is 4.48. The second kappa shape index (κ2) is 7.61. The SMILES string of the molecule is CC(=O)Nc1ccc(N2CC(C(=O)Nc3cc(C)cc(C)c3)CC2=O)cc1. The van der Waals surface area contributed by atoms with Gasteiger partial charge in [0.2, 0.25) is 17.7 Å². The lowest BCUT2D eigenvalue weighted by atomic mass is 10.1. The maximum Gasteiger partial charge on any atom is 0.229 e. The van der Waals surface area contributed by atoms with Crippen LogP contribution in [0.25, 0.3) is 0 Å². The van der Waals surface area contributed by atoms with E-state index in [0.717, 1.165) is 22.5 Å². The second-order valence-corrected chi connectivity index (χ2v) is 7.00. The number of hydrogen-bond donors (Lipinski definition) is 2. The largest absolute Gasteiger partial charge is 0.326 e. The zero-order chi connectivity index (χ0) is 19.6. The molecule has 1 atom stereocenters. The van der Waals surface area contributed by atoms with Crippen LogP contribution in [0.3, 0.4) is 0 Å². The van der Waals surface area contributed by atoms with Crippen LogP contribution in [0.15, 0.2) is 42.5 Å². The van der Waals surface area contributed by atoms with Crippen molar-refractivity contribution in [1.29, 1.82) is 0 Å². The van der Waals surface area contributed by atoms with Crippen LogP contribution in [0.2, 0.25) is 0 Å². The molecule has 1 heterocycles. The molecule has 1 saturated heterocycles. The van der Waals surface area contributed by atoms with Crippen LogP contribution >= 0.6 is 0 Å². The molecule has 0 aliphatic carbocycles. The highest BCUT2D eigenvalue weighted by atomic mass is 16.2. The van der Waals surface area contributed by atoms with Crippen molar-refractivity contribution in [3.63, 3.8) is 0 Å². The van der Waals surface area contributed by atoms with Gasteiger partial charge in [-0.3, -0.25) is 14.4 Å². The van der Waals surface area contributed by atoms with Crippen LogP contribution in [-0.4, -0.2) is 24.3 Å². The molecule has 27 heavy (non-hydrogen) atoms. The summed E-state index contributed by atoms with van der Waals surface area (Å²) in [6.45, 7) is 5.74. The van der Waals surface area contributed by atoms with Gasteiger partial charge in [-0.1, -0.05) is 6.07 Å².